The lowest BCUT2D eigenvalue weighted by Gasteiger charge is -2.13. The van der Waals surface area contributed by atoms with Crippen molar-refractivity contribution in [3.8, 4) is 0 Å². The van der Waals surface area contributed by atoms with Crippen molar-refractivity contribution in [1.82, 2.24) is 0 Å². The second kappa shape index (κ2) is 3.92. The Morgan fingerprint density at radius 3 is 2.42 bits per heavy atom. The fourth-order valence-electron chi connectivity index (χ4n) is 1.64. The Balaban J connectivity index is 0.00000121. The van der Waals surface area contributed by atoms with Crippen LogP contribution in [0.1, 0.15) is 13.3 Å². The average molecular weight is 192 g/mol. The van der Waals surface area contributed by atoms with Gasteiger partial charge in [0.25, 0.3) is 0 Å². The minimum atomic E-state index is -0.802. The molecule has 3 N–H and O–H groups in total. The molecule has 0 aromatic heterocycles. The van der Waals surface area contributed by atoms with E-state index in [1.54, 1.807) is 0 Å². The molecule has 0 radical (unpaired) electrons. The Morgan fingerprint density at radius 2 is 2.25 bits per heavy atom. The maximum atomic E-state index is 10.6. The number of carboxylic acid groups (broad SMARTS) is 1. The van der Waals surface area contributed by atoms with Crippen LogP contribution in [0.15, 0.2) is 12.2 Å². The highest BCUT2D eigenvalue weighted by molar-refractivity contribution is 5.85. The van der Waals surface area contributed by atoms with Crippen LogP contribution in [-0.2, 0) is 4.79 Å². The minimum Gasteiger partial charge on any atom is -0.481 e. The quantitative estimate of drug-likeness (QED) is 0.609. The molecule has 12 heavy (non-hydrogen) atoms. The number of hydrogen-bond acceptors (Lipinski definition) is 2. The van der Waals surface area contributed by atoms with Crippen molar-refractivity contribution in [3.63, 3.8) is 0 Å². The Labute approximate surface area is 78.0 Å². The first-order valence-corrected chi connectivity index (χ1v) is 3.70. The molecular formula is C8H14ClNO2. The summed E-state index contributed by atoms with van der Waals surface area (Å²) >= 11 is 0. The molecule has 1 rings (SSSR count). The SMILES string of the molecule is C=C1C[C@H](N)[C@H](C(=O)O)C1C.Cl. The van der Waals surface area contributed by atoms with Crippen LogP contribution in [0, 0.1) is 11.8 Å². The molecule has 0 aliphatic heterocycles. The molecule has 1 aliphatic carbocycles. The zero-order chi connectivity index (χ0) is 8.59. The number of nitrogens with two attached hydrogens (primary N) is 1. The average Bonchev–Trinajstić information content (AvgIpc) is 2.07. The molecule has 0 bridgehead atoms. The molecule has 0 amide bonds. The number of aliphatic carboxylic acids is 1. The van der Waals surface area contributed by atoms with Crippen LogP contribution in [0.4, 0.5) is 0 Å². The minimum absolute atomic E-state index is 0. The summed E-state index contributed by atoms with van der Waals surface area (Å²) in [5.41, 5.74) is 6.58. The van der Waals surface area contributed by atoms with Crippen LogP contribution in [0.3, 0.4) is 0 Å². The number of rotatable bonds is 1. The van der Waals surface area contributed by atoms with Crippen LogP contribution in [0.5, 0.6) is 0 Å². The highest BCUT2D eigenvalue weighted by atomic mass is 35.5. The van der Waals surface area contributed by atoms with E-state index in [1.165, 1.54) is 0 Å². The summed E-state index contributed by atoms with van der Waals surface area (Å²) in [5, 5.41) is 8.75. The molecule has 0 spiro atoms. The first-order chi connectivity index (χ1) is 5.04. The zero-order valence-corrected chi connectivity index (χ0v) is 7.80. The predicted molar refractivity (Wildman–Crippen MR) is 49.3 cm³/mol. The van der Waals surface area contributed by atoms with E-state index in [-0.39, 0.29) is 24.4 Å². The van der Waals surface area contributed by atoms with Crippen molar-refractivity contribution in [2.75, 3.05) is 0 Å². The maximum Gasteiger partial charge on any atom is 0.308 e. The second-order valence-corrected chi connectivity index (χ2v) is 3.18. The van der Waals surface area contributed by atoms with Crippen LogP contribution in [-0.4, -0.2) is 17.1 Å². The van der Waals surface area contributed by atoms with E-state index in [9.17, 15) is 4.79 Å². The van der Waals surface area contributed by atoms with Crippen molar-refractivity contribution >= 4 is 18.4 Å². The molecule has 4 heteroatoms. The van der Waals surface area contributed by atoms with E-state index in [1.807, 2.05) is 6.92 Å². The van der Waals surface area contributed by atoms with E-state index in [4.69, 9.17) is 10.8 Å². The number of halogens is 1. The molecule has 1 unspecified atom stereocenters. The van der Waals surface area contributed by atoms with Gasteiger partial charge in [-0.2, -0.15) is 0 Å². The fourth-order valence-corrected chi connectivity index (χ4v) is 1.64. The summed E-state index contributed by atoms with van der Waals surface area (Å²) in [6.07, 6.45) is 0.651. The van der Waals surface area contributed by atoms with Crippen LogP contribution in [0.25, 0.3) is 0 Å². The number of hydrogen-bond donors (Lipinski definition) is 2. The van der Waals surface area contributed by atoms with Crippen LogP contribution >= 0.6 is 12.4 Å². The van der Waals surface area contributed by atoms with Gasteiger partial charge in [-0.3, -0.25) is 4.79 Å². The monoisotopic (exact) mass is 191 g/mol. The molecule has 1 aliphatic rings. The van der Waals surface area contributed by atoms with Crippen molar-refractivity contribution in [2.24, 2.45) is 17.6 Å². The van der Waals surface area contributed by atoms with Crippen LogP contribution < -0.4 is 5.73 Å². The lowest BCUT2D eigenvalue weighted by molar-refractivity contribution is -0.142. The summed E-state index contributed by atoms with van der Waals surface area (Å²) in [5.74, 6) is -1.20. The Bertz CT molecular complexity index is 205. The molecular weight excluding hydrogens is 178 g/mol. The molecule has 0 saturated heterocycles. The summed E-state index contributed by atoms with van der Waals surface area (Å²) < 4.78 is 0. The zero-order valence-electron chi connectivity index (χ0n) is 6.99. The molecule has 0 heterocycles. The van der Waals surface area contributed by atoms with Gasteiger partial charge in [0.15, 0.2) is 0 Å². The van der Waals surface area contributed by atoms with E-state index in [2.05, 4.69) is 6.58 Å². The first kappa shape index (κ1) is 11.5. The third-order valence-electron chi connectivity index (χ3n) is 2.43. The predicted octanol–water partition coefficient (Wildman–Crippen LogP) is 1.03. The molecule has 0 aromatic rings. The highest BCUT2D eigenvalue weighted by Crippen LogP contribution is 2.34. The van der Waals surface area contributed by atoms with Gasteiger partial charge in [-0.15, -0.1) is 12.4 Å². The second-order valence-electron chi connectivity index (χ2n) is 3.18. The standard InChI is InChI=1S/C8H13NO2.ClH/c1-4-3-6(9)7(5(4)2)8(10)11;/h5-7H,1,3,9H2,2H3,(H,10,11);1H/t5?,6-,7+;/m0./s1. The van der Waals surface area contributed by atoms with E-state index < -0.39 is 11.9 Å². The van der Waals surface area contributed by atoms with Gasteiger partial charge in [-0.1, -0.05) is 19.1 Å². The van der Waals surface area contributed by atoms with Gasteiger partial charge in [-0.05, 0) is 12.3 Å². The van der Waals surface area contributed by atoms with Crippen molar-refractivity contribution < 1.29 is 9.90 Å². The Morgan fingerprint density at radius 1 is 1.75 bits per heavy atom. The van der Waals surface area contributed by atoms with Crippen molar-refractivity contribution in [2.45, 2.75) is 19.4 Å². The Hall–Kier alpha value is -0.540. The maximum absolute atomic E-state index is 10.6. The van der Waals surface area contributed by atoms with Crippen LogP contribution in [0.2, 0.25) is 0 Å². The van der Waals surface area contributed by atoms with E-state index in [0.29, 0.717) is 6.42 Å². The van der Waals surface area contributed by atoms with Crippen molar-refractivity contribution in [1.29, 1.82) is 0 Å². The van der Waals surface area contributed by atoms with Gasteiger partial charge in [0.1, 0.15) is 0 Å². The molecule has 1 saturated carbocycles. The third kappa shape index (κ3) is 1.79. The van der Waals surface area contributed by atoms with Gasteiger partial charge in [0.05, 0.1) is 5.92 Å². The summed E-state index contributed by atoms with van der Waals surface area (Å²) in [6, 6.07) is -0.241. The summed E-state index contributed by atoms with van der Waals surface area (Å²) in [4.78, 5) is 10.6. The number of carbonyl (C=O) groups is 1. The van der Waals surface area contributed by atoms with E-state index >= 15 is 0 Å². The van der Waals surface area contributed by atoms with Gasteiger partial charge in [0, 0.05) is 6.04 Å². The van der Waals surface area contributed by atoms with E-state index in [0.717, 1.165) is 5.57 Å². The summed E-state index contributed by atoms with van der Waals surface area (Å²) in [7, 11) is 0. The molecule has 3 atom stereocenters. The highest BCUT2D eigenvalue weighted by Gasteiger charge is 2.38. The molecule has 70 valence electrons. The molecule has 3 nitrogen and oxygen atoms in total. The fraction of sp³-hybridized carbons (Fsp3) is 0.625. The van der Waals surface area contributed by atoms with Gasteiger partial charge >= 0.3 is 5.97 Å². The lowest BCUT2D eigenvalue weighted by Crippen LogP contribution is -2.33. The van der Waals surface area contributed by atoms with Gasteiger partial charge in [0.2, 0.25) is 0 Å². The smallest absolute Gasteiger partial charge is 0.308 e. The summed E-state index contributed by atoms with van der Waals surface area (Å²) in [6.45, 7) is 5.64. The molecule has 1 fully saturated rings. The van der Waals surface area contributed by atoms with Gasteiger partial charge < -0.3 is 10.8 Å². The van der Waals surface area contributed by atoms with Crippen molar-refractivity contribution in [3.05, 3.63) is 12.2 Å². The Kier molecular flexibility index (Phi) is 3.74. The third-order valence-corrected chi connectivity index (χ3v) is 2.43. The topological polar surface area (TPSA) is 63.3 Å². The lowest BCUT2D eigenvalue weighted by atomic mass is 9.95. The molecule has 0 aromatic carbocycles. The largest absolute Gasteiger partial charge is 0.481 e. The normalized spacial score (nSPS) is 34.5. The first-order valence-electron chi connectivity index (χ1n) is 3.70. The number of carboxylic acids is 1. The van der Waals surface area contributed by atoms with Gasteiger partial charge in [-0.25, -0.2) is 0 Å².